The molecule has 0 aliphatic carbocycles. The minimum absolute atomic E-state index is 0.0193. The van der Waals surface area contributed by atoms with Gasteiger partial charge in [0.15, 0.2) is 0 Å². The van der Waals surface area contributed by atoms with E-state index in [2.05, 4.69) is 28.9 Å². The SMILES string of the molecule is CC(C)CN1CCN(C(=O)c2cn[nH]c2)C[C@H]1CCO. The molecule has 1 fully saturated rings. The highest BCUT2D eigenvalue weighted by molar-refractivity contribution is 5.93. The summed E-state index contributed by atoms with van der Waals surface area (Å²) in [5, 5.41) is 15.7. The van der Waals surface area contributed by atoms with E-state index in [1.54, 1.807) is 12.4 Å². The first-order chi connectivity index (χ1) is 9.61. The van der Waals surface area contributed by atoms with Gasteiger partial charge in [0.1, 0.15) is 0 Å². The van der Waals surface area contributed by atoms with E-state index in [0.717, 1.165) is 19.6 Å². The molecule has 1 atom stereocenters. The molecule has 6 heteroatoms. The number of carbonyl (C=O) groups excluding carboxylic acids is 1. The first kappa shape index (κ1) is 15.0. The minimum atomic E-state index is 0.0193. The van der Waals surface area contributed by atoms with Gasteiger partial charge >= 0.3 is 0 Å². The summed E-state index contributed by atoms with van der Waals surface area (Å²) < 4.78 is 0. The van der Waals surface area contributed by atoms with Gasteiger partial charge in [0.05, 0.1) is 11.8 Å². The molecule has 0 spiro atoms. The maximum atomic E-state index is 12.3. The second kappa shape index (κ2) is 6.85. The maximum Gasteiger partial charge on any atom is 0.257 e. The fraction of sp³-hybridized carbons (Fsp3) is 0.714. The van der Waals surface area contributed by atoms with Crippen LogP contribution < -0.4 is 0 Å². The first-order valence-corrected chi connectivity index (χ1v) is 7.24. The zero-order valence-corrected chi connectivity index (χ0v) is 12.2. The Morgan fingerprint density at radius 1 is 1.55 bits per heavy atom. The molecule has 1 saturated heterocycles. The van der Waals surface area contributed by atoms with E-state index in [-0.39, 0.29) is 18.6 Å². The van der Waals surface area contributed by atoms with Gasteiger partial charge in [-0.3, -0.25) is 14.8 Å². The number of carbonyl (C=O) groups is 1. The second-order valence-corrected chi connectivity index (χ2v) is 5.79. The third-order valence-electron chi connectivity index (χ3n) is 3.70. The molecule has 6 nitrogen and oxygen atoms in total. The highest BCUT2D eigenvalue weighted by atomic mass is 16.3. The third-order valence-corrected chi connectivity index (χ3v) is 3.70. The van der Waals surface area contributed by atoms with Gasteiger partial charge in [0.25, 0.3) is 5.91 Å². The van der Waals surface area contributed by atoms with Crippen molar-refractivity contribution in [1.82, 2.24) is 20.0 Å². The number of aromatic amines is 1. The molecule has 1 aromatic heterocycles. The summed E-state index contributed by atoms with van der Waals surface area (Å²) in [6.07, 6.45) is 3.90. The van der Waals surface area contributed by atoms with E-state index < -0.39 is 0 Å². The third kappa shape index (κ3) is 3.58. The molecule has 112 valence electrons. The summed E-state index contributed by atoms with van der Waals surface area (Å²) in [4.78, 5) is 16.6. The van der Waals surface area contributed by atoms with Crippen molar-refractivity contribution in [3.05, 3.63) is 18.0 Å². The van der Waals surface area contributed by atoms with Gasteiger partial charge in [-0.25, -0.2) is 0 Å². The van der Waals surface area contributed by atoms with E-state index in [0.29, 0.717) is 24.4 Å². The minimum Gasteiger partial charge on any atom is -0.396 e. The van der Waals surface area contributed by atoms with Crippen molar-refractivity contribution >= 4 is 5.91 Å². The number of hydrogen-bond acceptors (Lipinski definition) is 4. The summed E-state index contributed by atoms with van der Waals surface area (Å²) in [5.41, 5.74) is 0.602. The van der Waals surface area contributed by atoms with Crippen LogP contribution in [0.4, 0.5) is 0 Å². The number of nitrogens with zero attached hydrogens (tertiary/aromatic N) is 3. The predicted octanol–water partition coefficient (Wildman–Crippen LogP) is 0.574. The highest BCUT2D eigenvalue weighted by Gasteiger charge is 2.30. The molecule has 0 aromatic carbocycles. The zero-order chi connectivity index (χ0) is 14.5. The van der Waals surface area contributed by atoms with Gasteiger partial charge in [-0.2, -0.15) is 5.10 Å². The molecule has 0 bridgehead atoms. The standard InChI is InChI=1S/C14H24N4O2/c1-11(2)9-17-4-5-18(10-13(17)3-6-19)14(20)12-7-15-16-8-12/h7-8,11,13,19H,3-6,9-10H2,1-2H3,(H,15,16)/t13-/m1/s1. The number of aromatic nitrogens is 2. The van der Waals surface area contributed by atoms with Crippen LogP contribution in [0.15, 0.2) is 12.4 Å². The summed E-state index contributed by atoms with van der Waals surface area (Å²) >= 11 is 0. The molecule has 1 aliphatic heterocycles. The van der Waals surface area contributed by atoms with E-state index in [9.17, 15) is 9.90 Å². The lowest BCUT2D eigenvalue weighted by atomic mass is 10.1. The van der Waals surface area contributed by atoms with Crippen molar-refractivity contribution in [2.75, 3.05) is 32.8 Å². The van der Waals surface area contributed by atoms with Crippen molar-refractivity contribution in [1.29, 1.82) is 0 Å². The van der Waals surface area contributed by atoms with Crippen LogP contribution in [-0.4, -0.2) is 69.8 Å². The van der Waals surface area contributed by atoms with Gasteiger partial charge < -0.3 is 10.0 Å². The Morgan fingerprint density at radius 2 is 2.35 bits per heavy atom. The molecule has 1 amide bonds. The predicted molar refractivity (Wildman–Crippen MR) is 76.4 cm³/mol. The summed E-state index contributed by atoms with van der Waals surface area (Å²) in [6, 6.07) is 0.243. The van der Waals surface area contributed by atoms with Crippen LogP contribution in [0, 0.1) is 5.92 Å². The van der Waals surface area contributed by atoms with Gasteiger partial charge in [-0.1, -0.05) is 13.8 Å². The zero-order valence-electron chi connectivity index (χ0n) is 12.2. The number of amides is 1. The average molecular weight is 280 g/mol. The van der Waals surface area contributed by atoms with Crippen molar-refractivity contribution < 1.29 is 9.90 Å². The molecular weight excluding hydrogens is 256 g/mol. The fourth-order valence-electron chi connectivity index (χ4n) is 2.76. The maximum absolute atomic E-state index is 12.3. The van der Waals surface area contributed by atoms with Crippen LogP contribution >= 0.6 is 0 Å². The Balaban J connectivity index is 2.00. The van der Waals surface area contributed by atoms with Crippen LogP contribution in [0.25, 0.3) is 0 Å². The van der Waals surface area contributed by atoms with Gasteiger partial charge in [0, 0.05) is 45.0 Å². The monoisotopic (exact) mass is 280 g/mol. The molecule has 2 heterocycles. The quantitative estimate of drug-likeness (QED) is 0.827. The Kier molecular flexibility index (Phi) is 5.14. The molecule has 0 saturated carbocycles. The number of hydrogen-bond donors (Lipinski definition) is 2. The van der Waals surface area contributed by atoms with E-state index >= 15 is 0 Å². The molecule has 2 rings (SSSR count). The largest absolute Gasteiger partial charge is 0.396 e. The Bertz CT molecular complexity index is 419. The van der Waals surface area contributed by atoms with Crippen LogP contribution in [0.5, 0.6) is 0 Å². The first-order valence-electron chi connectivity index (χ1n) is 7.24. The Morgan fingerprint density at radius 3 is 2.95 bits per heavy atom. The van der Waals surface area contributed by atoms with E-state index in [1.165, 1.54) is 0 Å². The lowest BCUT2D eigenvalue weighted by molar-refractivity contribution is 0.0384. The number of aliphatic hydroxyl groups excluding tert-OH is 1. The molecular formula is C14H24N4O2. The normalized spacial score (nSPS) is 20.6. The number of nitrogens with one attached hydrogen (secondary N) is 1. The van der Waals surface area contributed by atoms with Crippen LogP contribution in [0.2, 0.25) is 0 Å². The smallest absolute Gasteiger partial charge is 0.257 e. The van der Waals surface area contributed by atoms with Crippen LogP contribution in [0.3, 0.4) is 0 Å². The molecule has 0 radical (unpaired) electrons. The lowest BCUT2D eigenvalue weighted by Gasteiger charge is -2.42. The van der Waals surface area contributed by atoms with E-state index in [1.807, 2.05) is 4.90 Å². The summed E-state index contributed by atoms with van der Waals surface area (Å²) in [6.45, 7) is 7.84. The molecule has 1 aliphatic rings. The number of rotatable bonds is 5. The van der Waals surface area contributed by atoms with Gasteiger partial charge in [0.2, 0.25) is 0 Å². The molecule has 2 N–H and O–H groups in total. The van der Waals surface area contributed by atoms with Crippen molar-refractivity contribution in [3.8, 4) is 0 Å². The Labute approximate surface area is 119 Å². The summed E-state index contributed by atoms with van der Waals surface area (Å²) in [5.74, 6) is 0.609. The number of piperazine rings is 1. The topological polar surface area (TPSA) is 72.5 Å². The second-order valence-electron chi connectivity index (χ2n) is 5.79. The average Bonchev–Trinajstić information content (AvgIpc) is 2.93. The molecule has 20 heavy (non-hydrogen) atoms. The highest BCUT2D eigenvalue weighted by Crippen LogP contribution is 2.16. The van der Waals surface area contributed by atoms with Gasteiger partial charge in [-0.15, -0.1) is 0 Å². The van der Waals surface area contributed by atoms with Crippen molar-refractivity contribution in [2.24, 2.45) is 5.92 Å². The van der Waals surface area contributed by atoms with E-state index in [4.69, 9.17) is 0 Å². The van der Waals surface area contributed by atoms with Crippen LogP contribution in [0.1, 0.15) is 30.6 Å². The Hall–Kier alpha value is -1.40. The molecule has 1 aromatic rings. The number of H-pyrrole nitrogens is 1. The van der Waals surface area contributed by atoms with Crippen molar-refractivity contribution in [2.45, 2.75) is 26.3 Å². The summed E-state index contributed by atoms with van der Waals surface area (Å²) in [7, 11) is 0. The fourth-order valence-corrected chi connectivity index (χ4v) is 2.76. The van der Waals surface area contributed by atoms with Crippen molar-refractivity contribution in [3.63, 3.8) is 0 Å². The van der Waals surface area contributed by atoms with Crippen LogP contribution in [-0.2, 0) is 0 Å². The molecule has 0 unspecified atom stereocenters. The lowest BCUT2D eigenvalue weighted by Crippen LogP contribution is -2.55. The number of aliphatic hydroxyl groups is 1. The van der Waals surface area contributed by atoms with Gasteiger partial charge in [-0.05, 0) is 12.3 Å².